The molecule has 0 spiro atoms. The lowest BCUT2D eigenvalue weighted by atomic mass is 10.3. The zero-order valence-corrected chi connectivity index (χ0v) is 9.64. The second kappa shape index (κ2) is 8.13. The van der Waals surface area contributed by atoms with Crippen molar-refractivity contribution in [3.8, 4) is 12.8 Å². The molecule has 3 nitrogen and oxygen atoms in total. The van der Waals surface area contributed by atoms with Crippen molar-refractivity contribution in [2.75, 3.05) is 11.1 Å². The number of nitrogens with zero attached hydrogens (tertiary/aromatic N) is 1. The van der Waals surface area contributed by atoms with Crippen LogP contribution >= 0.6 is 0 Å². The Bertz CT molecular complexity index is 389. The standard InChI is InChI=1S/C11H15N3.C2H2/c1-3-5-9(4-2)14-11-6-7-13-8-10(11)12;1-2/h3-8H,12H2,1-2H3,(H,13,14);1-2H/b5-3-,9-4+;. The Hall–Kier alpha value is -2.21. The molecule has 3 N–H and O–H groups in total. The normalized spacial score (nSPS) is 10.6. The van der Waals surface area contributed by atoms with Gasteiger partial charge in [-0.2, -0.15) is 0 Å². The van der Waals surface area contributed by atoms with E-state index in [9.17, 15) is 0 Å². The summed E-state index contributed by atoms with van der Waals surface area (Å²) in [5, 5.41) is 3.21. The maximum Gasteiger partial charge on any atom is 0.0739 e. The van der Waals surface area contributed by atoms with Crippen molar-refractivity contribution in [3.05, 3.63) is 42.4 Å². The summed E-state index contributed by atoms with van der Waals surface area (Å²) in [5.41, 5.74) is 8.29. The smallest absolute Gasteiger partial charge is 0.0739 e. The molecule has 0 amide bonds. The minimum absolute atomic E-state index is 0.649. The number of allylic oxidation sites excluding steroid dienone is 3. The number of hydrogen-bond donors (Lipinski definition) is 2. The van der Waals surface area contributed by atoms with Crippen molar-refractivity contribution < 1.29 is 0 Å². The summed E-state index contributed by atoms with van der Waals surface area (Å²) in [4.78, 5) is 3.92. The van der Waals surface area contributed by atoms with E-state index in [1.165, 1.54) is 0 Å². The van der Waals surface area contributed by atoms with Crippen molar-refractivity contribution in [2.45, 2.75) is 13.8 Å². The maximum atomic E-state index is 5.74. The van der Waals surface area contributed by atoms with Gasteiger partial charge in [0.1, 0.15) is 0 Å². The average Bonchev–Trinajstić information content (AvgIpc) is 2.34. The second-order valence-corrected chi connectivity index (χ2v) is 2.83. The van der Waals surface area contributed by atoms with Gasteiger partial charge in [0.15, 0.2) is 0 Å². The summed E-state index contributed by atoms with van der Waals surface area (Å²) < 4.78 is 0. The van der Waals surface area contributed by atoms with E-state index in [-0.39, 0.29) is 0 Å². The molecule has 0 aliphatic carbocycles. The molecule has 1 aromatic heterocycles. The fourth-order valence-corrected chi connectivity index (χ4v) is 1.07. The first kappa shape index (κ1) is 13.8. The van der Waals surface area contributed by atoms with Crippen molar-refractivity contribution in [2.24, 2.45) is 0 Å². The molecule has 0 saturated heterocycles. The van der Waals surface area contributed by atoms with Crippen molar-refractivity contribution in [1.29, 1.82) is 0 Å². The Morgan fingerprint density at radius 3 is 2.62 bits per heavy atom. The van der Waals surface area contributed by atoms with Crippen molar-refractivity contribution in [1.82, 2.24) is 4.98 Å². The van der Waals surface area contributed by atoms with E-state index in [1.54, 1.807) is 12.4 Å². The molecule has 0 aliphatic heterocycles. The van der Waals surface area contributed by atoms with E-state index < -0.39 is 0 Å². The van der Waals surface area contributed by atoms with Crippen LogP contribution in [0.25, 0.3) is 0 Å². The number of anilines is 2. The van der Waals surface area contributed by atoms with E-state index >= 15 is 0 Å². The van der Waals surface area contributed by atoms with Crippen molar-refractivity contribution in [3.63, 3.8) is 0 Å². The van der Waals surface area contributed by atoms with E-state index in [4.69, 9.17) is 5.73 Å². The third kappa shape index (κ3) is 4.34. The fourth-order valence-electron chi connectivity index (χ4n) is 1.07. The predicted molar refractivity (Wildman–Crippen MR) is 70.7 cm³/mol. The Labute approximate surface area is 97.1 Å². The lowest BCUT2D eigenvalue weighted by molar-refractivity contribution is 1.32. The molecule has 0 saturated carbocycles. The van der Waals surface area contributed by atoms with Crippen LogP contribution in [0, 0.1) is 12.8 Å². The summed E-state index contributed by atoms with van der Waals surface area (Å²) in [6.45, 7) is 3.95. The molecular formula is C13H17N3. The highest BCUT2D eigenvalue weighted by molar-refractivity contribution is 5.67. The molecular weight excluding hydrogens is 198 g/mol. The zero-order chi connectivity index (χ0) is 12.4. The number of nitrogens with two attached hydrogens (primary N) is 1. The number of aromatic nitrogens is 1. The van der Waals surface area contributed by atoms with Gasteiger partial charge in [0, 0.05) is 11.9 Å². The minimum atomic E-state index is 0.649. The van der Waals surface area contributed by atoms with Crippen molar-refractivity contribution >= 4 is 11.4 Å². The average molecular weight is 215 g/mol. The van der Waals surface area contributed by atoms with Gasteiger partial charge in [-0.15, -0.1) is 12.8 Å². The van der Waals surface area contributed by atoms with Gasteiger partial charge in [-0.25, -0.2) is 0 Å². The molecule has 1 rings (SSSR count). The van der Waals surface area contributed by atoms with Crippen LogP contribution in [0.4, 0.5) is 11.4 Å². The Morgan fingerprint density at radius 1 is 1.44 bits per heavy atom. The Morgan fingerprint density at radius 2 is 2.12 bits per heavy atom. The molecule has 0 fully saturated rings. The highest BCUT2D eigenvalue weighted by Gasteiger charge is 1.97. The lowest BCUT2D eigenvalue weighted by Crippen LogP contribution is -2.00. The molecule has 0 atom stereocenters. The Kier molecular flexibility index (Phi) is 7.00. The number of terminal acetylenes is 1. The third-order valence-electron chi connectivity index (χ3n) is 1.79. The summed E-state index contributed by atoms with van der Waals surface area (Å²) in [5.74, 6) is 0. The molecule has 0 unspecified atom stereocenters. The topological polar surface area (TPSA) is 50.9 Å². The molecule has 84 valence electrons. The SMILES string of the molecule is C#C.C/C=C\C(=C/C)Nc1ccncc1N. The number of hydrogen-bond acceptors (Lipinski definition) is 3. The highest BCUT2D eigenvalue weighted by atomic mass is 14.9. The molecule has 16 heavy (non-hydrogen) atoms. The molecule has 1 heterocycles. The maximum absolute atomic E-state index is 5.74. The first-order valence-corrected chi connectivity index (χ1v) is 4.86. The van der Waals surface area contributed by atoms with E-state index in [2.05, 4.69) is 23.1 Å². The molecule has 0 aliphatic rings. The quantitative estimate of drug-likeness (QED) is 0.602. The van der Waals surface area contributed by atoms with Gasteiger partial charge in [-0.05, 0) is 26.0 Å². The van der Waals surface area contributed by atoms with Gasteiger partial charge < -0.3 is 11.1 Å². The minimum Gasteiger partial charge on any atom is -0.396 e. The number of nitrogens with one attached hydrogen (secondary N) is 1. The van der Waals surface area contributed by atoms with E-state index in [1.807, 2.05) is 38.1 Å². The van der Waals surface area contributed by atoms with Crippen LogP contribution in [0.3, 0.4) is 0 Å². The molecule has 3 heteroatoms. The summed E-state index contributed by atoms with van der Waals surface area (Å²) in [6.07, 6.45) is 17.3. The van der Waals surface area contributed by atoms with Gasteiger partial charge in [-0.3, -0.25) is 4.98 Å². The lowest BCUT2D eigenvalue weighted by Gasteiger charge is -2.08. The van der Waals surface area contributed by atoms with Crippen LogP contribution in [-0.4, -0.2) is 4.98 Å². The van der Waals surface area contributed by atoms with Gasteiger partial charge in [0.05, 0.1) is 17.6 Å². The molecule has 0 radical (unpaired) electrons. The summed E-state index contributed by atoms with van der Waals surface area (Å²) >= 11 is 0. The van der Waals surface area contributed by atoms with Crippen LogP contribution in [0.2, 0.25) is 0 Å². The van der Waals surface area contributed by atoms with Gasteiger partial charge >= 0.3 is 0 Å². The largest absolute Gasteiger partial charge is 0.396 e. The third-order valence-corrected chi connectivity index (χ3v) is 1.79. The van der Waals surface area contributed by atoms with Crippen LogP contribution in [-0.2, 0) is 0 Å². The Balaban J connectivity index is 0.00000106. The summed E-state index contributed by atoms with van der Waals surface area (Å²) in [6, 6.07) is 1.85. The van der Waals surface area contributed by atoms with Crippen LogP contribution in [0.1, 0.15) is 13.8 Å². The molecule has 1 aromatic rings. The van der Waals surface area contributed by atoms with Crippen LogP contribution in [0.15, 0.2) is 42.4 Å². The zero-order valence-electron chi connectivity index (χ0n) is 9.64. The van der Waals surface area contributed by atoms with Gasteiger partial charge in [0.25, 0.3) is 0 Å². The van der Waals surface area contributed by atoms with Gasteiger partial charge in [-0.1, -0.05) is 12.2 Å². The highest BCUT2D eigenvalue weighted by Crippen LogP contribution is 2.17. The first-order chi connectivity index (χ1) is 7.77. The first-order valence-electron chi connectivity index (χ1n) is 4.86. The second-order valence-electron chi connectivity index (χ2n) is 2.83. The summed E-state index contributed by atoms with van der Waals surface area (Å²) in [7, 11) is 0. The number of nitrogen functional groups attached to an aromatic ring is 1. The number of rotatable bonds is 3. The van der Waals surface area contributed by atoms with Crippen LogP contribution in [0.5, 0.6) is 0 Å². The van der Waals surface area contributed by atoms with E-state index in [0.717, 1.165) is 11.4 Å². The number of pyridine rings is 1. The molecule has 0 aromatic carbocycles. The van der Waals surface area contributed by atoms with E-state index in [0.29, 0.717) is 5.69 Å². The predicted octanol–water partition coefficient (Wildman–Crippen LogP) is 2.80. The fraction of sp³-hybridized carbons (Fsp3) is 0.154. The monoisotopic (exact) mass is 215 g/mol. The van der Waals surface area contributed by atoms with Crippen LogP contribution < -0.4 is 11.1 Å². The van der Waals surface area contributed by atoms with Gasteiger partial charge in [0.2, 0.25) is 0 Å². The molecule has 0 bridgehead atoms.